The summed E-state index contributed by atoms with van der Waals surface area (Å²) in [4.78, 5) is 4.00. The lowest BCUT2D eigenvalue weighted by atomic mass is 9.94. The molecule has 0 saturated heterocycles. The topological polar surface area (TPSA) is 61.8 Å². The largest absolute Gasteiger partial charge is 0.318 e. The molecular weight excluding hydrogens is 611 g/mol. The number of rotatable bonds is 4. The molecule has 0 radical (unpaired) electrons. The van der Waals surface area contributed by atoms with Crippen molar-refractivity contribution in [2.75, 3.05) is 0 Å². The van der Waals surface area contributed by atoms with Crippen molar-refractivity contribution in [3.8, 4) is 45.8 Å². The molecule has 0 amide bonds. The Bertz CT molecular complexity index is 2920. The van der Waals surface area contributed by atoms with E-state index >= 15 is 0 Å². The molecule has 5 nitrogen and oxygen atoms in total. The van der Waals surface area contributed by atoms with Gasteiger partial charge in [-0.3, -0.25) is 0 Å². The van der Waals surface area contributed by atoms with Crippen LogP contribution >= 0.6 is 0 Å². The fourth-order valence-corrected chi connectivity index (χ4v) is 7.49. The van der Waals surface area contributed by atoms with Gasteiger partial charge in [0.2, 0.25) is 5.69 Å². The highest BCUT2D eigenvalue weighted by molar-refractivity contribution is 6.11. The molecule has 230 valence electrons. The molecular formula is C45H25N5. The zero-order chi connectivity index (χ0) is 33.8. The highest BCUT2D eigenvalue weighted by Gasteiger charge is 2.21. The van der Waals surface area contributed by atoms with Crippen LogP contribution in [0.1, 0.15) is 11.1 Å². The van der Waals surface area contributed by atoms with Crippen molar-refractivity contribution in [1.29, 1.82) is 10.5 Å². The molecule has 0 unspecified atom stereocenters. The number of hydrogen-bond acceptors (Lipinski definition) is 2. The zero-order valence-electron chi connectivity index (χ0n) is 26.7. The van der Waals surface area contributed by atoms with E-state index in [2.05, 4.69) is 80.7 Å². The normalized spacial score (nSPS) is 11.1. The third kappa shape index (κ3) is 4.24. The predicted molar refractivity (Wildman–Crippen MR) is 202 cm³/mol. The summed E-state index contributed by atoms with van der Waals surface area (Å²) >= 11 is 0. The Morgan fingerprint density at radius 3 is 1.68 bits per heavy atom. The Hall–Kier alpha value is -7.39. The number of aromatic nitrogens is 2. The number of nitriles is 2. The average molecular weight is 636 g/mol. The van der Waals surface area contributed by atoms with Gasteiger partial charge in [-0.1, -0.05) is 109 Å². The van der Waals surface area contributed by atoms with Gasteiger partial charge in [0.25, 0.3) is 0 Å². The minimum absolute atomic E-state index is 0.534. The minimum Gasteiger partial charge on any atom is -0.318 e. The van der Waals surface area contributed by atoms with Gasteiger partial charge in [0.15, 0.2) is 0 Å². The summed E-state index contributed by atoms with van der Waals surface area (Å²) < 4.78 is 4.30. The molecule has 0 aliphatic carbocycles. The zero-order valence-corrected chi connectivity index (χ0v) is 26.7. The Balaban J connectivity index is 1.27. The van der Waals surface area contributed by atoms with Gasteiger partial charge in [0, 0.05) is 27.1 Å². The molecule has 9 aromatic rings. The van der Waals surface area contributed by atoms with E-state index in [1.807, 2.05) is 97.1 Å². The molecule has 0 N–H and O–H groups in total. The number of benzene rings is 7. The standard InChI is InChI=1S/C45H25N5/c1-48-39-18-9-17-33(45(39)50-41-20-6-3-13-34(41)35-14-4-7-21-42(35)50)31-12-8-11-30(26-31)32-16-10-22-43(38(32)28-47)49-40-19-5-2-15-36(40)37-24-23-29(27-46)25-44(37)49/h2-26H. The second-order valence-corrected chi connectivity index (χ2v) is 12.2. The fraction of sp³-hybridized carbons (Fsp3) is 0. The summed E-state index contributed by atoms with van der Waals surface area (Å²) in [6.07, 6.45) is 0. The van der Waals surface area contributed by atoms with Crippen LogP contribution in [0.3, 0.4) is 0 Å². The van der Waals surface area contributed by atoms with Crippen molar-refractivity contribution < 1.29 is 0 Å². The van der Waals surface area contributed by atoms with Gasteiger partial charge in [-0.05, 0) is 59.2 Å². The van der Waals surface area contributed by atoms with Crippen LogP contribution in [0, 0.1) is 29.2 Å². The van der Waals surface area contributed by atoms with E-state index in [0.717, 1.165) is 77.2 Å². The van der Waals surface area contributed by atoms with Crippen molar-refractivity contribution in [2.24, 2.45) is 0 Å². The summed E-state index contributed by atoms with van der Waals surface area (Å²) in [5.74, 6) is 0. The highest BCUT2D eigenvalue weighted by Crippen LogP contribution is 2.42. The minimum atomic E-state index is 0.534. The molecule has 2 heterocycles. The van der Waals surface area contributed by atoms with Crippen LogP contribution in [-0.2, 0) is 0 Å². The fourth-order valence-electron chi connectivity index (χ4n) is 7.49. The summed E-state index contributed by atoms with van der Waals surface area (Å²) in [5.41, 5.74) is 10.7. The molecule has 0 aliphatic heterocycles. The molecule has 9 rings (SSSR count). The second kappa shape index (κ2) is 11.4. The van der Waals surface area contributed by atoms with Crippen LogP contribution in [-0.4, -0.2) is 9.13 Å². The van der Waals surface area contributed by atoms with E-state index in [4.69, 9.17) is 6.57 Å². The summed E-state index contributed by atoms with van der Waals surface area (Å²) in [6, 6.07) is 55.3. The molecule has 0 bridgehead atoms. The maximum Gasteiger partial charge on any atom is 0.211 e. The van der Waals surface area contributed by atoms with Crippen molar-refractivity contribution in [3.63, 3.8) is 0 Å². The molecule has 0 spiro atoms. The molecule has 0 atom stereocenters. The summed E-state index contributed by atoms with van der Waals surface area (Å²) in [7, 11) is 0. The lowest BCUT2D eigenvalue weighted by molar-refractivity contribution is 1.17. The Morgan fingerprint density at radius 2 is 1.04 bits per heavy atom. The summed E-state index contributed by atoms with van der Waals surface area (Å²) in [5, 5.41) is 24.8. The second-order valence-electron chi connectivity index (χ2n) is 12.2. The molecule has 2 aromatic heterocycles. The van der Waals surface area contributed by atoms with Crippen LogP contribution < -0.4 is 0 Å². The van der Waals surface area contributed by atoms with Crippen LogP contribution in [0.25, 0.3) is 82.1 Å². The van der Waals surface area contributed by atoms with Crippen LogP contribution in [0.15, 0.2) is 152 Å². The maximum atomic E-state index is 10.8. The summed E-state index contributed by atoms with van der Waals surface area (Å²) in [6.45, 7) is 8.18. The Labute approximate surface area is 288 Å². The maximum absolute atomic E-state index is 10.8. The van der Waals surface area contributed by atoms with Gasteiger partial charge >= 0.3 is 0 Å². The first-order valence-electron chi connectivity index (χ1n) is 16.3. The Morgan fingerprint density at radius 1 is 0.480 bits per heavy atom. The third-order valence-corrected chi connectivity index (χ3v) is 9.62. The van der Waals surface area contributed by atoms with E-state index in [1.54, 1.807) is 0 Å². The van der Waals surface area contributed by atoms with Crippen molar-refractivity contribution in [3.05, 3.63) is 174 Å². The van der Waals surface area contributed by atoms with Gasteiger partial charge in [0.1, 0.15) is 6.07 Å². The third-order valence-electron chi connectivity index (χ3n) is 9.62. The number of nitrogens with zero attached hydrogens (tertiary/aromatic N) is 5. The molecule has 7 aromatic carbocycles. The first-order chi connectivity index (χ1) is 24.7. The number of para-hydroxylation sites is 4. The monoisotopic (exact) mass is 635 g/mol. The lowest BCUT2D eigenvalue weighted by Crippen LogP contribution is -2.00. The molecule has 0 aliphatic rings. The van der Waals surface area contributed by atoms with Crippen LogP contribution in [0.4, 0.5) is 5.69 Å². The van der Waals surface area contributed by atoms with Crippen molar-refractivity contribution in [1.82, 2.24) is 9.13 Å². The highest BCUT2D eigenvalue weighted by atomic mass is 15.0. The first-order valence-corrected chi connectivity index (χ1v) is 16.3. The van der Waals surface area contributed by atoms with Gasteiger partial charge in [-0.2, -0.15) is 10.5 Å². The Kier molecular flexibility index (Phi) is 6.56. The molecule has 50 heavy (non-hydrogen) atoms. The SMILES string of the molecule is [C-]#[N+]c1cccc(-c2cccc(-c3cccc(-n4c5ccccc5c5ccc(C#N)cc54)c3C#N)c2)c1-n1c2ccccc2c2ccccc21. The molecule has 5 heteroatoms. The number of hydrogen-bond donors (Lipinski definition) is 0. The van der Waals surface area contributed by atoms with E-state index in [-0.39, 0.29) is 0 Å². The smallest absolute Gasteiger partial charge is 0.211 e. The van der Waals surface area contributed by atoms with Gasteiger partial charge in [-0.15, -0.1) is 0 Å². The quantitative estimate of drug-likeness (QED) is 0.181. The average Bonchev–Trinajstić information content (AvgIpc) is 3.69. The van der Waals surface area contributed by atoms with Crippen molar-refractivity contribution in [2.45, 2.75) is 0 Å². The van der Waals surface area contributed by atoms with Gasteiger partial charge in [-0.25, -0.2) is 4.85 Å². The van der Waals surface area contributed by atoms with Crippen LogP contribution in [0.2, 0.25) is 0 Å². The van der Waals surface area contributed by atoms with E-state index < -0.39 is 0 Å². The number of fused-ring (bicyclic) bond motifs is 6. The van der Waals surface area contributed by atoms with E-state index in [1.165, 1.54) is 0 Å². The predicted octanol–water partition coefficient (Wildman–Crippen LogP) is 11.5. The van der Waals surface area contributed by atoms with Crippen molar-refractivity contribution >= 4 is 49.3 Å². The lowest BCUT2D eigenvalue weighted by Gasteiger charge is -2.17. The first kappa shape index (κ1) is 28.8. The van der Waals surface area contributed by atoms with Gasteiger partial charge in [0.05, 0.1) is 57.2 Å². The van der Waals surface area contributed by atoms with Crippen LogP contribution in [0.5, 0.6) is 0 Å². The molecule has 0 fully saturated rings. The van der Waals surface area contributed by atoms with E-state index in [0.29, 0.717) is 16.8 Å². The van der Waals surface area contributed by atoms with E-state index in [9.17, 15) is 10.5 Å². The van der Waals surface area contributed by atoms with Gasteiger partial charge < -0.3 is 9.13 Å². The molecule has 0 saturated carbocycles.